The second kappa shape index (κ2) is 10.0. The Kier molecular flexibility index (Phi) is 7.71. The lowest BCUT2D eigenvalue weighted by atomic mass is 10.1. The summed E-state index contributed by atoms with van der Waals surface area (Å²) >= 11 is 0. The molecule has 0 aliphatic carbocycles. The average molecular weight is 404 g/mol. The molecule has 7 nitrogen and oxygen atoms in total. The van der Waals surface area contributed by atoms with Gasteiger partial charge in [0.15, 0.2) is 0 Å². The van der Waals surface area contributed by atoms with Crippen LogP contribution in [0.1, 0.15) is 16.7 Å². The molecular formula is C20H25N3O4S. The average Bonchev–Trinajstić information content (AvgIpc) is 2.66. The van der Waals surface area contributed by atoms with Gasteiger partial charge in [-0.25, -0.2) is 13.1 Å². The van der Waals surface area contributed by atoms with E-state index in [1.54, 1.807) is 12.1 Å². The number of amides is 2. The number of hydrogen-bond donors (Lipinski definition) is 3. The predicted octanol–water partition coefficient (Wildman–Crippen LogP) is 1.06. The molecule has 0 fully saturated rings. The molecule has 0 unspecified atom stereocenters. The van der Waals surface area contributed by atoms with Crippen LogP contribution in [-0.4, -0.2) is 39.9 Å². The molecule has 28 heavy (non-hydrogen) atoms. The Hall–Kier alpha value is -2.71. The Morgan fingerprint density at radius 1 is 0.857 bits per heavy atom. The zero-order chi connectivity index (χ0) is 20.6. The minimum absolute atomic E-state index is 0.0832. The van der Waals surface area contributed by atoms with Gasteiger partial charge in [0.1, 0.15) is 0 Å². The van der Waals surface area contributed by atoms with Gasteiger partial charge >= 0.3 is 0 Å². The Morgan fingerprint density at radius 2 is 1.50 bits per heavy atom. The van der Waals surface area contributed by atoms with Crippen LogP contribution >= 0.6 is 0 Å². The highest BCUT2D eigenvalue weighted by Gasteiger charge is 2.15. The van der Waals surface area contributed by atoms with Crippen LogP contribution in [0, 0.1) is 13.8 Å². The molecule has 0 radical (unpaired) electrons. The van der Waals surface area contributed by atoms with E-state index in [4.69, 9.17) is 0 Å². The molecule has 3 N–H and O–H groups in total. The minimum atomic E-state index is -3.77. The first-order valence-electron chi connectivity index (χ1n) is 8.92. The molecule has 0 saturated carbocycles. The van der Waals surface area contributed by atoms with Crippen molar-refractivity contribution in [2.24, 2.45) is 0 Å². The van der Waals surface area contributed by atoms with Gasteiger partial charge < -0.3 is 10.6 Å². The lowest BCUT2D eigenvalue weighted by Crippen LogP contribution is -2.42. The van der Waals surface area contributed by atoms with Gasteiger partial charge in [0.25, 0.3) is 0 Å². The maximum atomic E-state index is 12.1. The van der Waals surface area contributed by atoms with Crippen molar-refractivity contribution in [2.45, 2.75) is 25.2 Å². The van der Waals surface area contributed by atoms with E-state index >= 15 is 0 Å². The van der Waals surface area contributed by atoms with Crippen molar-refractivity contribution in [1.29, 1.82) is 0 Å². The molecule has 2 aromatic carbocycles. The number of sulfonamides is 1. The molecule has 0 bridgehead atoms. The van der Waals surface area contributed by atoms with Gasteiger partial charge in [-0.2, -0.15) is 0 Å². The molecule has 2 aromatic rings. The third-order valence-electron chi connectivity index (χ3n) is 4.18. The maximum Gasteiger partial charge on any atom is 0.241 e. The van der Waals surface area contributed by atoms with Crippen molar-refractivity contribution in [2.75, 3.05) is 19.6 Å². The third kappa shape index (κ3) is 6.79. The summed E-state index contributed by atoms with van der Waals surface area (Å²) in [5.74, 6) is -0.909. The van der Waals surface area contributed by atoms with E-state index in [0.29, 0.717) is 13.0 Å². The van der Waals surface area contributed by atoms with Crippen molar-refractivity contribution in [3.63, 3.8) is 0 Å². The van der Waals surface area contributed by atoms with Crippen LogP contribution in [0.15, 0.2) is 53.4 Å². The first kappa shape index (κ1) is 21.6. The number of carbonyl (C=O) groups excluding carboxylic acids is 2. The second-order valence-corrected chi connectivity index (χ2v) is 8.21. The molecule has 0 saturated heterocycles. The van der Waals surface area contributed by atoms with Gasteiger partial charge in [0, 0.05) is 6.54 Å². The van der Waals surface area contributed by atoms with Gasteiger partial charge in [-0.3, -0.25) is 9.59 Å². The summed E-state index contributed by atoms with van der Waals surface area (Å²) in [5.41, 5.74) is 3.24. The molecule has 8 heteroatoms. The van der Waals surface area contributed by atoms with Crippen LogP contribution < -0.4 is 15.4 Å². The molecule has 2 amide bonds. The Bertz CT molecular complexity index is 925. The van der Waals surface area contributed by atoms with Crippen LogP contribution in [0.2, 0.25) is 0 Å². The van der Waals surface area contributed by atoms with Gasteiger partial charge in [0.2, 0.25) is 21.8 Å². The van der Waals surface area contributed by atoms with Crippen LogP contribution in [0.4, 0.5) is 0 Å². The van der Waals surface area contributed by atoms with E-state index in [1.165, 1.54) is 12.1 Å². The Balaban J connectivity index is 1.69. The van der Waals surface area contributed by atoms with Crippen molar-refractivity contribution in [3.05, 3.63) is 65.2 Å². The smallest absolute Gasteiger partial charge is 0.241 e. The topological polar surface area (TPSA) is 104 Å². The zero-order valence-electron chi connectivity index (χ0n) is 16.0. The van der Waals surface area contributed by atoms with Crippen LogP contribution in [-0.2, 0) is 26.0 Å². The third-order valence-corrected chi connectivity index (χ3v) is 5.60. The quantitative estimate of drug-likeness (QED) is 0.582. The summed E-state index contributed by atoms with van der Waals surface area (Å²) in [6.45, 7) is 3.67. The molecule has 2 rings (SSSR count). The van der Waals surface area contributed by atoms with Crippen molar-refractivity contribution < 1.29 is 18.0 Å². The maximum absolute atomic E-state index is 12.1. The highest BCUT2D eigenvalue weighted by Crippen LogP contribution is 2.09. The largest absolute Gasteiger partial charge is 0.354 e. The first-order chi connectivity index (χ1) is 13.3. The zero-order valence-corrected chi connectivity index (χ0v) is 16.8. The van der Waals surface area contributed by atoms with E-state index in [0.717, 1.165) is 16.7 Å². The van der Waals surface area contributed by atoms with Crippen LogP contribution in [0.5, 0.6) is 0 Å². The fourth-order valence-corrected chi connectivity index (χ4v) is 3.47. The summed E-state index contributed by atoms with van der Waals surface area (Å²) in [5, 5.41) is 5.12. The summed E-state index contributed by atoms with van der Waals surface area (Å²) in [4.78, 5) is 23.7. The van der Waals surface area contributed by atoms with E-state index in [2.05, 4.69) is 15.4 Å². The Labute approximate surface area is 165 Å². The summed E-state index contributed by atoms with van der Waals surface area (Å²) in [7, 11) is -3.77. The number of hydrogen-bond acceptors (Lipinski definition) is 4. The summed E-state index contributed by atoms with van der Waals surface area (Å²) in [6, 6.07) is 14.2. The standard InChI is InChI=1S/C20H25N3O4S/c1-15-7-9-18(10-8-15)28(26,27)23-14-20(25)22-13-19(24)21-12-11-17-6-4-3-5-16(17)2/h3-10,23H,11-14H2,1-2H3,(H,21,24)(H,22,25). The highest BCUT2D eigenvalue weighted by molar-refractivity contribution is 7.89. The van der Waals surface area contributed by atoms with Crippen LogP contribution in [0.25, 0.3) is 0 Å². The van der Waals surface area contributed by atoms with E-state index in [9.17, 15) is 18.0 Å². The summed E-state index contributed by atoms with van der Waals surface area (Å²) < 4.78 is 26.5. The molecule has 0 heterocycles. The lowest BCUT2D eigenvalue weighted by Gasteiger charge is -2.09. The minimum Gasteiger partial charge on any atom is -0.354 e. The Morgan fingerprint density at radius 3 is 2.18 bits per heavy atom. The van der Waals surface area contributed by atoms with Crippen molar-refractivity contribution >= 4 is 21.8 Å². The van der Waals surface area contributed by atoms with Crippen molar-refractivity contribution in [1.82, 2.24) is 15.4 Å². The molecule has 0 aliphatic rings. The molecule has 150 valence electrons. The molecule has 0 aromatic heterocycles. The predicted molar refractivity (Wildman–Crippen MR) is 107 cm³/mol. The van der Waals surface area contributed by atoms with Gasteiger partial charge in [0.05, 0.1) is 18.0 Å². The molecule has 0 aliphatic heterocycles. The van der Waals surface area contributed by atoms with Crippen LogP contribution in [0.3, 0.4) is 0 Å². The molecule has 0 spiro atoms. The first-order valence-corrected chi connectivity index (χ1v) is 10.4. The SMILES string of the molecule is Cc1ccc(S(=O)(=O)NCC(=O)NCC(=O)NCCc2ccccc2C)cc1. The molecular weight excluding hydrogens is 378 g/mol. The van der Waals surface area contributed by atoms with Gasteiger partial charge in [-0.15, -0.1) is 0 Å². The van der Waals surface area contributed by atoms with E-state index in [1.807, 2.05) is 38.1 Å². The number of nitrogens with one attached hydrogen (secondary N) is 3. The fourth-order valence-electron chi connectivity index (χ4n) is 2.49. The van der Waals surface area contributed by atoms with E-state index < -0.39 is 22.5 Å². The van der Waals surface area contributed by atoms with E-state index in [-0.39, 0.29) is 17.3 Å². The second-order valence-electron chi connectivity index (χ2n) is 6.44. The molecule has 0 atom stereocenters. The summed E-state index contributed by atoms with van der Waals surface area (Å²) in [6.07, 6.45) is 0.697. The van der Waals surface area contributed by atoms with Gasteiger partial charge in [-0.05, 0) is 43.5 Å². The van der Waals surface area contributed by atoms with Crippen molar-refractivity contribution in [3.8, 4) is 0 Å². The lowest BCUT2D eigenvalue weighted by molar-refractivity contribution is -0.125. The monoisotopic (exact) mass is 403 g/mol. The number of carbonyl (C=O) groups is 2. The number of aryl methyl sites for hydroxylation is 2. The fraction of sp³-hybridized carbons (Fsp3) is 0.300. The normalized spacial score (nSPS) is 11.1. The number of benzene rings is 2. The highest BCUT2D eigenvalue weighted by atomic mass is 32.2. The van der Waals surface area contributed by atoms with Gasteiger partial charge in [-0.1, -0.05) is 42.0 Å². The number of rotatable bonds is 9.